The number of amides is 2. The van der Waals surface area contributed by atoms with Gasteiger partial charge in [0.05, 0.1) is 11.3 Å². The molecule has 0 unspecified atom stereocenters. The summed E-state index contributed by atoms with van der Waals surface area (Å²) in [6, 6.07) is 12.6. The summed E-state index contributed by atoms with van der Waals surface area (Å²) in [4.78, 5) is 40.9. The summed E-state index contributed by atoms with van der Waals surface area (Å²) in [5.41, 5.74) is 2.81. The Hall–Kier alpha value is -3.12. The third-order valence-corrected chi connectivity index (χ3v) is 4.86. The number of aromatic nitrogens is 1. The molecule has 0 radical (unpaired) electrons. The number of aromatic amines is 1. The summed E-state index contributed by atoms with van der Waals surface area (Å²) in [6.45, 7) is 0.233. The van der Waals surface area contributed by atoms with E-state index in [1.807, 2.05) is 30.5 Å². The Bertz CT molecular complexity index is 1070. The number of carbonyl (C=O) groups is 3. The predicted molar refractivity (Wildman–Crippen MR) is 103 cm³/mol. The third kappa shape index (κ3) is 3.19. The number of nitrogens with one attached hydrogen (secondary N) is 2. The summed E-state index contributed by atoms with van der Waals surface area (Å²) in [5.74, 6) is -1.67. The number of benzene rings is 2. The van der Waals surface area contributed by atoms with Gasteiger partial charge in [-0.1, -0.05) is 29.8 Å². The minimum Gasteiger partial charge on any atom is -0.361 e. The van der Waals surface area contributed by atoms with Crippen LogP contribution < -0.4 is 10.2 Å². The Labute approximate surface area is 160 Å². The lowest BCUT2D eigenvalue weighted by atomic mass is 10.1. The molecule has 0 saturated carbocycles. The second kappa shape index (κ2) is 6.89. The van der Waals surface area contributed by atoms with E-state index in [4.69, 9.17) is 11.6 Å². The van der Waals surface area contributed by atoms with Crippen LogP contribution in [0.1, 0.15) is 15.9 Å². The van der Waals surface area contributed by atoms with Gasteiger partial charge in [0.1, 0.15) is 6.54 Å². The average Bonchev–Trinajstić information content (AvgIpc) is 3.17. The molecule has 6 nitrogen and oxygen atoms in total. The number of hydrogen-bond acceptors (Lipinski definition) is 3. The van der Waals surface area contributed by atoms with Crippen LogP contribution in [0.4, 0.5) is 5.69 Å². The quantitative estimate of drug-likeness (QED) is 0.667. The van der Waals surface area contributed by atoms with Crippen LogP contribution in [0.25, 0.3) is 10.9 Å². The topological polar surface area (TPSA) is 82.3 Å². The fourth-order valence-corrected chi connectivity index (χ4v) is 3.48. The van der Waals surface area contributed by atoms with Crippen molar-refractivity contribution in [3.63, 3.8) is 0 Å². The molecule has 3 aromatic rings. The van der Waals surface area contributed by atoms with Gasteiger partial charge in [-0.05, 0) is 36.2 Å². The van der Waals surface area contributed by atoms with Gasteiger partial charge >= 0.3 is 0 Å². The van der Waals surface area contributed by atoms with Crippen molar-refractivity contribution in [1.29, 1.82) is 0 Å². The second-order valence-electron chi connectivity index (χ2n) is 6.34. The fraction of sp³-hybridized carbons (Fsp3) is 0.150. The van der Waals surface area contributed by atoms with Crippen LogP contribution in [-0.4, -0.2) is 35.7 Å². The lowest BCUT2D eigenvalue weighted by molar-refractivity contribution is -0.122. The summed E-state index contributed by atoms with van der Waals surface area (Å²) in [5, 5.41) is 4.30. The number of fused-ring (bicyclic) bond motifs is 2. The first-order valence-electron chi connectivity index (χ1n) is 8.52. The van der Waals surface area contributed by atoms with E-state index in [2.05, 4.69) is 10.3 Å². The van der Waals surface area contributed by atoms with Crippen molar-refractivity contribution in [2.45, 2.75) is 6.42 Å². The standard InChI is InChI=1S/C20H16ClN3O3/c21-13-5-6-17-15(9-13)19(26)20(27)24(17)11-18(25)22-8-7-12-10-23-16-4-2-1-3-14(12)16/h1-6,9-10,23H,7-8,11H2,(H,22,25). The summed E-state index contributed by atoms with van der Waals surface area (Å²) >= 11 is 5.88. The largest absolute Gasteiger partial charge is 0.361 e. The number of rotatable bonds is 5. The molecule has 2 heterocycles. The van der Waals surface area contributed by atoms with Gasteiger partial charge in [0, 0.05) is 28.7 Å². The van der Waals surface area contributed by atoms with Gasteiger partial charge in [-0.25, -0.2) is 0 Å². The van der Waals surface area contributed by atoms with Crippen molar-refractivity contribution in [2.24, 2.45) is 0 Å². The van der Waals surface area contributed by atoms with Gasteiger partial charge in [0.2, 0.25) is 5.91 Å². The van der Waals surface area contributed by atoms with E-state index < -0.39 is 11.7 Å². The average molecular weight is 382 g/mol. The van der Waals surface area contributed by atoms with Gasteiger partial charge in [0.25, 0.3) is 11.7 Å². The number of anilines is 1. The van der Waals surface area contributed by atoms with Crippen molar-refractivity contribution in [3.8, 4) is 0 Å². The van der Waals surface area contributed by atoms with E-state index in [0.717, 1.165) is 16.5 Å². The molecular weight excluding hydrogens is 366 g/mol. The molecular formula is C20H16ClN3O3. The maximum Gasteiger partial charge on any atom is 0.299 e. The van der Waals surface area contributed by atoms with E-state index in [1.54, 1.807) is 12.1 Å². The molecule has 2 aromatic carbocycles. The minimum atomic E-state index is -0.709. The zero-order valence-corrected chi connectivity index (χ0v) is 15.0. The Balaban J connectivity index is 1.39. The van der Waals surface area contributed by atoms with E-state index in [1.165, 1.54) is 11.0 Å². The molecule has 2 amide bonds. The molecule has 1 aliphatic rings. The molecule has 0 spiro atoms. The molecule has 7 heteroatoms. The van der Waals surface area contributed by atoms with Crippen molar-refractivity contribution in [3.05, 3.63) is 64.8 Å². The lowest BCUT2D eigenvalue weighted by Crippen LogP contribution is -2.40. The van der Waals surface area contributed by atoms with Gasteiger partial charge < -0.3 is 10.3 Å². The smallest absolute Gasteiger partial charge is 0.299 e. The van der Waals surface area contributed by atoms with E-state index in [-0.39, 0.29) is 18.0 Å². The molecule has 1 aliphatic heterocycles. The first kappa shape index (κ1) is 17.3. The van der Waals surface area contributed by atoms with Crippen molar-refractivity contribution >= 4 is 45.8 Å². The molecule has 27 heavy (non-hydrogen) atoms. The molecule has 0 bridgehead atoms. The van der Waals surface area contributed by atoms with E-state index in [0.29, 0.717) is 23.7 Å². The predicted octanol–water partition coefficient (Wildman–Crippen LogP) is 2.71. The molecule has 0 fully saturated rings. The first-order chi connectivity index (χ1) is 13.0. The number of nitrogens with zero attached hydrogens (tertiary/aromatic N) is 1. The number of para-hydroxylation sites is 1. The minimum absolute atomic E-state index is 0.201. The van der Waals surface area contributed by atoms with Crippen LogP contribution >= 0.6 is 11.6 Å². The Morgan fingerprint density at radius 2 is 1.96 bits per heavy atom. The number of halogens is 1. The lowest BCUT2D eigenvalue weighted by Gasteiger charge is -2.16. The first-order valence-corrected chi connectivity index (χ1v) is 8.90. The van der Waals surface area contributed by atoms with Crippen LogP contribution in [0.5, 0.6) is 0 Å². The van der Waals surface area contributed by atoms with Crippen LogP contribution in [0.2, 0.25) is 5.02 Å². The highest BCUT2D eigenvalue weighted by Gasteiger charge is 2.36. The van der Waals surface area contributed by atoms with Crippen LogP contribution in [0.15, 0.2) is 48.7 Å². The highest BCUT2D eigenvalue weighted by molar-refractivity contribution is 6.53. The highest BCUT2D eigenvalue weighted by Crippen LogP contribution is 2.30. The molecule has 1 aromatic heterocycles. The van der Waals surface area contributed by atoms with Gasteiger partial charge in [-0.15, -0.1) is 0 Å². The fourth-order valence-electron chi connectivity index (χ4n) is 3.30. The highest BCUT2D eigenvalue weighted by atomic mass is 35.5. The van der Waals surface area contributed by atoms with Crippen molar-refractivity contribution in [1.82, 2.24) is 10.3 Å². The maximum absolute atomic E-state index is 12.3. The summed E-state index contributed by atoms with van der Waals surface area (Å²) in [6.07, 6.45) is 2.59. The summed E-state index contributed by atoms with van der Waals surface area (Å²) in [7, 11) is 0. The van der Waals surface area contributed by atoms with Gasteiger partial charge in [0.15, 0.2) is 0 Å². The zero-order valence-electron chi connectivity index (χ0n) is 14.3. The zero-order chi connectivity index (χ0) is 19.0. The van der Waals surface area contributed by atoms with E-state index >= 15 is 0 Å². The monoisotopic (exact) mass is 381 g/mol. The third-order valence-electron chi connectivity index (χ3n) is 4.63. The molecule has 0 atom stereocenters. The van der Waals surface area contributed by atoms with Crippen LogP contribution in [0.3, 0.4) is 0 Å². The van der Waals surface area contributed by atoms with Crippen LogP contribution in [0, 0.1) is 0 Å². The Kier molecular flexibility index (Phi) is 4.41. The van der Waals surface area contributed by atoms with Crippen molar-refractivity contribution < 1.29 is 14.4 Å². The Morgan fingerprint density at radius 3 is 2.81 bits per heavy atom. The Morgan fingerprint density at radius 1 is 1.15 bits per heavy atom. The normalized spacial score (nSPS) is 13.3. The molecule has 0 aliphatic carbocycles. The molecule has 0 saturated heterocycles. The molecule has 4 rings (SSSR count). The van der Waals surface area contributed by atoms with Crippen molar-refractivity contribution in [2.75, 3.05) is 18.0 Å². The number of carbonyl (C=O) groups excluding carboxylic acids is 3. The number of Topliss-reactive ketones (excluding diaryl/α,β-unsaturated/α-hetero) is 1. The van der Waals surface area contributed by atoms with Crippen LogP contribution in [-0.2, 0) is 16.0 Å². The number of H-pyrrole nitrogens is 1. The molecule has 2 N–H and O–H groups in total. The maximum atomic E-state index is 12.3. The van der Waals surface area contributed by atoms with Gasteiger partial charge in [-0.3, -0.25) is 19.3 Å². The summed E-state index contributed by atoms with van der Waals surface area (Å²) < 4.78 is 0. The second-order valence-corrected chi connectivity index (χ2v) is 6.78. The van der Waals surface area contributed by atoms with Gasteiger partial charge in [-0.2, -0.15) is 0 Å². The molecule has 136 valence electrons. The number of ketones is 1. The SMILES string of the molecule is O=C(CN1C(=O)C(=O)c2cc(Cl)ccc21)NCCc1c[nH]c2ccccc12. The number of hydrogen-bond donors (Lipinski definition) is 2. The van der Waals surface area contributed by atoms with E-state index in [9.17, 15) is 14.4 Å².